The van der Waals surface area contributed by atoms with E-state index in [1.807, 2.05) is 6.07 Å². The van der Waals surface area contributed by atoms with Crippen molar-refractivity contribution in [1.29, 1.82) is 0 Å². The average molecular weight is 332 g/mol. The smallest absolute Gasteiger partial charge is 0.312 e. The molecule has 1 saturated heterocycles. The van der Waals surface area contributed by atoms with Gasteiger partial charge in [-0.15, -0.1) is 0 Å². The zero-order valence-electron chi connectivity index (χ0n) is 14.9. The van der Waals surface area contributed by atoms with Gasteiger partial charge in [-0.2, -0.15) is 0 Å². The largest absolute Gasteiger partial charge is 0.472 e. The lowest BCUT2D eigenvalue weighted by Crippen LogP contribution is -2.65. The van der Waals surface area contributed by atoms with Gasteiger partial charge in [-0.25, -0.2) is 0 Å². The van der Waals surface area contributed by atoms with Crippen molar-refractivity contribution in [2.75, 3.05) is 0 Å². The van der Waals surface area contributed by atoms with Crippen molar-refractivity contribution in [2.45, 2.75) is 71.0 Å². The molecule has 0 unspecified atom stereocenters. The molecule has 2 saturated carbocycles. The Bertz CT molecular complexity index is 638. The van der Waals surface area contributed by atoms with Gasteiger partial charge < -0.3 is 14.3 Å². The van der Waals surface area contributed by atoms with Crippen LogP contribution in [0.4, 0.5) is 0 Å². The summed E-state index contributed by atoms with van der Waals surface area (Å²) in [6.07, 6.45) is 8.51. The second kappa shape index (κ2) is 5.10. The van der Waals surface area contributed by atoms with Gasteiger partial charge >= 0.3 is 5.97 Å². The van der Waals surface area contributed by atoms with Gasteiger partial charge in [0.25, 0.3) is 0 Å². The van der Waals surface area contributed by atoms with Crippen LogP contribution in [0.3, 0.4) is 0 Å². The first-order chi connectivity index (χ1) is 11.3. The normalized spacial score (nSPS) is 47.3. The van der Waals surface area contributed by atoms with Crippen LogP contribution in [0.2, 0.25) is 0 Å². The number of ether oxygens (including phenoxy) is 1. The lowest BCUT2D eigenvalue weighted by Gasteiger charge is -2.61. The lowest BCUT2D eigenvalue weighted by molar-refractivity contribution is -0.217. The summed E-state index contributed by atoms with van der Waals surface area (Å²) in [5, 5.41) is 11.9. The Hall–Kier alpha value is -1.29. The van der Waals surface area contributed by atoms with Crippen LogP contribution in [-0.2, 0) is 16.0 Å². The number of carbonyl (C=O) groups excluding carboxylic acids is 1. The van der Waals surface area contributed by atoms with Crippen LogP contribution in [-0.4, -0.2) is 22.8 Å². The van der Waals surface area contributed by atoms with Gasteiger partial charge in [-0.1, -0.05) is 20.3 Å². The molecule has 6 atom stereocenters. The third-order valence-corrected chi connectivity index (χ3v) is 7.63. The number of hydrogen-bond acceptors (Lipinski definition) is 4. The van der Waals surface area contributed by atoms with Crippen molar-refractivity contribution in [3.63, 3.8) is 0 Å². The monoisotopic (exact) mass is 332 g/mol. The van der Waals surface area contributed by atoms with Crippen molar-refractivity contribution in [2.24, 2.45) is 22.7 Å². The molecule has 0 amide bonds. The molecule has 132 valence electrons. The molecular weight excluding hydrogens is 304 g/mol. The molecule has 3 fully saturated rings. The predicted octanol–water partition coefficient (Wildman–Crippen LogP) is 3.72. The maximum Gasteiger partial charge on any atom is 0.312 e. The van der Waals surface area contributed by atoms with E-state index in [1.54, 1.807) is 12.5 Å². The highest BCUT2D eigenvalue weighted by Crippen LogP contribution is 2.67. The van der Waals surface area contributed by atoms with Gasteiger partial charge in [0.1, 0.15) is 6.10 Å². The van der Waals surface area contributed by atoms with Crippen molar-refractivity contribution in [3.05, 3.63) is 24.2 Å². The van der Waals surface area contributed by atoms with Crippen molar-refractivity contribution in [3.8, 4) is 0 Å². The van der Waals surface area contributed by atoms with Crippen molar-refractivity contribution >= 4 is 5.97 Å². The van der Waals surface area contributed by atoms with Crippen LogP contribution in [0.25, 0.3) is 0 Å². The minimum Gasteiger partial charge on any atom is -0.472 e. The topological polar surface area (TPSA) is 59.7 Å². The Labute approximate surface area is 143 Å². The summed E-state index contributed by atoms with van der Waals surface area (Å²) < 4.78 is 11.0. The molecule has 2 aliphatic carbocycles. The number of carbonyl (C=O) groups is 1. The summed E-state index contributed by atoms with van der Waals surface area (Å²) in [5.74, 6) is 0.190. The molecule has 2 heterocycles. The van der Waals surface area contributed by atoms with Crippen LogP contribution in [0.5, 0.6) is 0 Å². The summed E-state index contributed by atoms with van der Waals surface area (Å²) in [4.78, 5) is 12.6. The summed E-state index contributed by atoms with van der Waals surface area (Å²) in [6, 6.07) is 1.97. The van der Waals surface area contributed by atoms with E-state index in [0.29, 0.717) is 6.42 Å². The Balaban J connectivity index is 1.70. The molecule has 0 aromatic carbocycles. The molecule has 3 aliphatic rings. The molecule has 1 aromatic rings. The van der Waals surface area contributed by atoms with E-state index in [4.69, 9.17) is 9.15 Å². The van der Waals surface area contributed by atoms with Crippen LogP contribution in [0, 0.1) is 22.7 Å². The van der Waals surface area contributed by atoms with Gasteiger partial charge in [-0.3, -0.25) is 4.79 Å². The molecule has 1 aliphatic heterocycles. The number of aryl methyl sites for hydroxylation is 1. The third kappa shape index (κ3) is 1.92. The fourth-order valence-corrected chi connectivity index (χ4v) is 6.30. The van der Waals surface area contributed by atoms with E-state index in [-0.39, 0.29) is 29.3 Å². The van der Waals surface area contributed by atoms with Crippen LogP contribution in [0.15, 0.2) is 23.0 Å². The van der Waals surface area contributed by atoms with E-state index < -0.39 is 11.0 Å². The maximum absolute atomic E-state index is 12.6. The van der Waals surface area contributed by atoms with Gasteiger partial charge in [-0.05, 0) is 56.6 Å². The van der Waals surface area contributed by atoms with Gasteiger partial charge in [0.15, 0.2) is 0 Å². The third-order valence-electron chi connectivity index (χ3n) is 7.63. The van der Waals surface area contributed by atoms with Gasteiger partial charge in [0.2, 0.25) is 0 Å². The van der Waals surface area contributed by atoms with Crippen LogP contribution >= 0.6 is 0 Å². The summed E-state index contributed by atoms with van der Waals surface area (Å²) in [7, 11) is 0. The predicted molar refractivity (Wildman–Crippen MR) is 89.2 cm³/mol. The zero-order chi connectivity index (χ0) is 17.2. The summed E-state index contributed by atoms with van der Waals surface area (Å²) >= 11 is 0. The van der Waals surface area contributed by atoms with E-state index >= 15 is 0 Å². The Morgan fingerprint density at radius 1 is 1.33 bits per heavy atom. The number of esters is 1. The molecule has 24 heavy (non-hydrogen) atoms. The molecule has 1 aromatic heterocycles. The van der Waals surface area contributed by atoms with Gasteiger partial charge in [0, 0.05) is 11.3 Å². The van der Waals surface area contributed by atoms with E-state index in [1.165, 1.54) is 0 Å². The number of hydrogen-bond donors (Lipinski definition) is 1. The van der Waals surface area contributed by atoms with Crippen molar-refractivity contribution in [1.82, 2.24) is 0 Å². The van der Waals surface area contributed by atoms with E-state index in [0.717, 1.165) is 37.7 Å². The first-order valence-electron chi connectivity index (χ1n) is 9.26. The molecule has 0 bridgehead atoms. The summed E-state index contributed by atoms with van der Waals surface area (Å²) in [5.41, 5.74) is -0.362. The minimum absolute atomic E-state index is 0.0306. The van der Waals surface area contributed by atoms with E-state index in [9.17, 15) is 9.90 Å². The van der Waals surface area contributed by atoms with Crippen LogP contribution < -0.4 is 0 Å². The van der Waals surface area contributed by atoms with E-state index in [2.05, 4.69) is 20.8 Å². The first kappa shape index (κ1) is 16.2. The molecule has 1 N–H and O–H groups in total. The molecule has 4 nitrogen and oxygen atoms in total. The van der Waals surface area contributed by atoms with Gasteiger partial charge in [0.05, 0.1) is 23.5 Å². The number of aliphatic hydroxyl groups is 1. The van der Waals surface area contributed by atoms with Crippen molar-refractivity contribution < 1.29 is 19.1 Å². The standard InChI is InChI=1S/C20H28O4/c1-13-11-15-16-18(2,17(21)24-15)7-4-8-19(16,3)20(13,22)9-5-14-6-10-23-12-14/h6,10,12-13,15-16,22H,4-5,7-9,11H2,1-3H3/t13-,15-,16+,18+,19+,20-/m0/s1. The highest BCUT2D eigenvalue weighted by Gasteiger charge is 2.70. The second-order valence-corrected chi connectivity index (χ2v) is 8.80. The molecule has 4 rings (SSSR count). The fraction of sp³-hybridized carbons (Fsp3) is 0.750. The zero-order valence-corrected chi connectivity index (χ0v) is 14.9. The SMILES string of the molecule is C[C@H]1C[C@@H]2OC(=O)[C@]3(C)CCC[C@](C)([C@H]23)[C@]1(O)CCc1ccoc1. The molecule has 4 heteroatoms. The quantitative estimate of drug-likeness (QED) is 0.857. The lowest BCUT2D eigenvalue weighted by atomic mass is 9.44. The second-order valence-electron chi connectivity index (χ2n) is 8.80. The molecular formula is C20H28O4. The maximum atomic E-state index is 12.6. The Kier molecular flexibility index (Phi) is 3.44. The first-order valence-corrected chi connectivity index (χ1v) is 9.26. The average Bonchev–Trinajstić information content (AvgIpc) is 3.12. The Morgan fingerprint density at radius 3 is 2.83 bits per heavy atom. The van der Waals surface area contributed by atoms with Crippen LogP contribution in [0.1, 0.15) is 58.4 Å². The molecule has 0 spiro atoms. The molecule has 0 radical (unpaired) electrons. The highest BCUT2D eigenvalue weighted by molar-refractivity contribution is 5.80. The highest BCUT2D eigenvalue weighted by atomic mass is 16.6. The Morgan fingerprint density at radius 2 is 2.12 bits per heavy atom. The number of rotatable bonds is 3. The fourth-order valence-electron chi connectivity index (χ4n) is 6.30. The minimum atomic E-state index is -0.777. The summed E-state index contributed by atoms with van der Waals surface area (Å²) in [6.45, 7) is 6.38. The number of furan rings is 1.